The molecule has 5 heteroatoms. The van der Waals surface area contributed by atoms with Crippen molar-refractivity contribution in [2.75, 3.05) is 36.5 Å². The van der Waals surface area contributed by atoms with Crippen LogP contribution in [0.1, 0.15) is 15.9 Å². The van der Waals surface area contributed by atoms with Gasteiger partial charge in [0.25, 0.3) is 5.91 Å². The summed E-state index contributed by atoms with van der Waals surface area (Å²) < 4.78 is 11.3. The van der Waals surface area contributed by atoms with Crippen LogP contribution in [0, 0.1) is 0 Å². The van der Waals surface area contributed by atoms with Gasteiger partial charge in [0.15, 0.2) is 0 Å². The minimum Gasteiger partial charge on any atom is -0.384 e. The molecule has 0 aliphatic carbocycles. The van der Waals surface area contributed by atoms with E-state index in [1.54, 1.807) is 0 Å². The maximum Gasteiger partial charge on any atom is 0.253 e. The summed E-state index contributed by atoms with van der Waals surface area (Å²) in [5.74, 6) is 1.29. The molecule has 2 aliphatic heterocycles. The first-order chi connectivity index (χ1) is 8.74. The third kappa shape index (κ3) is 2.14. The van der Waals surface area contributed by atoms with Crippen molar-refractivity contribution in [2.45, 2.75) is 6.42 Å². The maximum atomic E-state index is 12.3. The molecule has 3 rings (SSSR count). The molecule has 0 saturated carbocycles. The second-order valence-corrected chi connectivity index (χ2v) is 6.39. The van der Waals surface area contributed by atoms with Crippen molar-refractivity contribution in [1.29, 1.82) is 0 Å². The molecule has 0 unspecified atom stereocenters. The molecule has 1 aromatic rings. The van der Waals surface area contributed by atoms with Crippen LogP contribution in [0.3, 0.4) is 0 Å². The number of rotatable bonds is 1. The highest BCUT2D eigenvalue weighted by atomic mass is 32.2. The van der Waals surface area contributed by atoms with E-state index in [4.69, 9.17) is 0 Å². The molecule has 0 atom stereocenters. The molecular weight excluding hydrogens is 248 g/mol. The Kier molecular flexibility index (Phi) is 3.07. The summed E-state index contributed by atoms with van der Waals surface area (Å²) in [6, 6.07) is 5.85. The van der Waals surface area contributed by atoms with Crippen LogP contribution >= 0.6 is 0 Å². The van der Waals surface area contributed by atoms with Gasteiger partial charge in [0.05, 0.1) is 0 Å². The summed E-state index contributed by atoms with van der Waals surface area (Å²) >= 11 is 0. The number of carbonyl (C=O) groups excluding carboxylic acids is 1. The summed E-state index contributed by atoms with van der Waals surface area (Å²) in [4.78, 5) is 14.1. The van der Waals surface area contributed by atoms with Crippen LogP contribution in [0.25, 0.3) is 0 Å². The predicted molar refractivity (Wildman–Crippen MR) is 72.4 cm³/mol. The third-order valence-electron chi connectivity index (χ3n) is 3.53. The summed E-state index contributed by atoms with van der Waals surface area (Å²) in [7, 11) is -0.737. The molecule has 2 heterocycles. The molecule has 0 aromatic heterocycles. The molecule has 2 aliphatic rings. The van der Waals surface area contributed by atoms with E-state index in [0.29, 0.717) is 24.6 Å². The van der Waals surface area contributed by atoms with Crippen molar-refractivity contribution in [3.8, 4) is 0 Å². The van der Waals surface area contributed by atoms with Crippen LogP contribution in [0.4, 0.5) is 5.69 Å². The molecule has 0 spiro atoms. The Bertz CT molecular complexity index is 506. The van der Waals surface area contributed by atoms with Crippen molar-refractivity contribution < 1.29 is 9.00 Å². The van der Waals surface area contributed by atoms with Crippen molar-refractivity contribution in [1.82, 2.24) is 4.90 Å². The first-order valence-corrected chi connectivity index (χ1v) is 7.74. The van der Waals surface area contributed by atoms with Crippen molar-refractivity contribution >= 4 is 22.4 Å². The van der Waals surface area contributed by atoms with Gasteiger partial charge in [-0.25, -0.2) is 0 Å². The van der Waals surface area contributed by atoms with E-state index in [1.165, 1.54) is 5.56 Å². The van der Waals surface area contributed by atoms with Gasteiger partial charge in [-0.15, -0.1) is 0 Å². The van der Waals surface area contributed by atoms with Crippen LogP contribution < -0.4 is 5.32 Å². The van der Waals surface area contributed by atoms with Crippen LogP contribution in [-0.2, 0) is 17.2 Å². The van der Waals surface area contributed by atoms with Gasteiger partial charge in [0, 0.05) is 53.2 Å². The molecular formula is C13H16N2O2S. The normalized spacial score (nSPS) is 19.4. The number of hydrogen-bond donors (Lipinski definition) is 1. The Morgan fingerprint density at radius 2 is 2.06 bits per heavy atom. The van der Waals surface area contributed by atoms with E-state index in [1.807, 2.05) is 23.1 Å². The zero-order chi connectivity index (χ0) is 12.5. The first-order valence-electron chi connectivity index (χ1n) is 6.25. The number of amides is 1. The smallest absolute Gasteiger partial charge is 0.253 e. The summed E-state index contributed by atoms with van der Waals surface area (Å²) in [5.41, 5.74) is 3.12. The Hall–Kier alpha value is -1.36. The van der Waals surface area contributed by atoms with Gasteiger partial charge in [-0.1, -0.05) is 0 Å². The summed E-state index contributed by atoms with van der Waals surface area (Å²) in [6.45, 7) is 2.18. The topological polar surface area (TPSA) is 49.4 Å². The van der Waals surface area contributed by atoms with Crippen molar-refractivity contribution in [3.63, 3.8) is 0 Å². The fourth-order valence-corrected chi connectivity index (χ4v) is 3.51. The number of fused-ring (bicyclic) bond motifs is 1. The van der Waals surface area contributed by atoms with Crippen LogP contribution in [-0.4, -0.2) is 46.2 Å². The first kappa shape index (κ1) is 11.7. The second kappa shape index (κ2) is 4.72. The Morgan fingerprint density at radius 3 is 2.83 bits per heavy atom. The van der Waals surface area contributed by atoms with Crippen molar-refractivity contribution in [2.24, 2.45) is 0 Å². The lowest BCUT2D eigenvalue weighted by atomic mass is 10.1. The van der Waals surface area contributed by atoms with E-state index >= 15 is 0 Å². The number of carbonyl (C=O) groups is 1. The SMILES string of the molecule is O=C(c1ccc2c(c1)CCN2)N1CCS(=O)CC1. The number of nitrogens with zero attached hydrogens (tertiary/aromatic N) is 1. The zero-order valence-electron chi connectivity index (χ0n) is 10.1. The molecule has 1 aromatic carbocycles. The molecule has 0 radical (unpaired) electrons. The minimum absolute atomic E-state index is 0.0707. The fourth-order valence-electron chi connectivity index (χ4n) is 2.46. The number of nitrogens with one attached hydrogen (secondary N) is 1. The van der Waals surface area contributed by atoms with E-state index in [0.717, 1.165) is 24.2 Å². The van der Waals surface area contributed by atoms with Crippen LogP contribution in [0.15, 0.2) is 18.2 Å². The molecule has 1 N–H and O–H groups in total. The van der Waals surface area contributed by atoms with Gasteiger partial charge in [0.2, 0.25) is 0 Å². The molecule has 1 amide bonds. The number of anilines is 1. The van der Waals surface area contributed by atoms with E-state index < -0.39 is 10.8 Å². The highest BCUT2D eigenvalue weighted by Gasteiger charge is 2.22. The summed E-state index contributed by atoms with van der Waals surface area (Å²) in [5, 5.41) is 3.29. The van der Waals surface area contributed by atoms with E-state index in [2.05, 4.69) is 5.32 Å². The van der Waals surface area contributed by atoms with Gasteiger partial charge in [-0.2, -0.15) is 0 Å². The summed E-state index contributed by atoms with van der Waals surface area (Å²) in [6.07, 6.45) is 0.987. The maximum absolute atomic E-state index is 12.3. The Balaban J connectivity index is 1.78. The van der Waals surface area contributed by atoms with Crippen LogP contribution in [0.2, 0.25) is 0 Å². The minimum atomic E-state index is -0.737. The van der Waals surface area contributed by atoms with E-state index in [9.17, 15) is 9.00 Å². The lowest BCUT2D eigenvalue weighted by molar-refractivity contribution is 0.0771. The average molecular weight is 264 g/mol. The molecule has 1 fully saturated rings. The van der Waals surface area contributed by atoms with Gasteiger partial charge in [0.1, 0.15) is 0 Å². The van der Waals surface area contributed by atoms with Gasteiger partial charge in [-0.05, 0) is 30.2 Å². The molecule has 0 bridgehead atoms. The highest BCUT2D eigenvalue weighted by molar-refractivity contribution is 7.85. The fraction of sp³-hybridized carbons (Fsp3) is 0.462. The van der Waals surface area contributed by atoms with Crippen molar-refractivity contribution in [3.05, 3.63) is 29.3 Å². The molecule has 1 saturated heterocycles. The van der Waals surface area contributed by atoms with Gasteiger partial charge >= 0.3 is 0 Å². The largest absolute Gasteiger partial charge is 0.384 e. The second-order valence-electron chi connectivity index (χ2n) is 4.69. The Labute approximate surface area is 109 Å². The van der Waals surface area contributed by atoms with E-state index in [-0.39, 0.29) is 5.91 Å². The number of hydrogen-bond acceptors (Lipinski definition) is 3. The predicted octanol–water partition coefficient (Wildman–Crippen LogP) is 0.859. The average Bonchev–Trinajstić information content (AvgIpc) is 2.86. The van der Waals surface area contributed by atoms with Crippen LogP contribution in [0.5, 0.6) is 0 Å². The monoisotopic (exact) mass is 264 g/mol. The molecule has 18 heavy (non-hydrogen) atoms. The lowest BCUT2D eigenvalue weighted by Gasteiger charge is -2.26. The molecule has 96 valence electrons. The zero-order valence-corrected chi connectivity index (χ0v) is 11.0. The quantitative estimate of drug-likeness (QED) is 0.818. The van der Waals surface area contributed by atoms with Gasteiger partial charge < -0.3 is 10.2 Å². The standard InChI is InChI=1S/C13H16N2O2S/c16-13(15-5-7-18(17)8-6-15)11-1-2-12-10(9-11)3-4-14-12/h1-2,9,14H,3-8H2. The number of benzene rings is 1. The molecule has 4 nitrogen and oxygen atoms in total. The lowest BCUT2D eigenvalue weighted by Crippen LogP contribution is -2.41. The Morgan fingerprint density at radius 1 is 1.28 bits per heavy atom. The highest BCUT2D eigenvalue weighted by Crippen LogP contribution is 2.23. The van der Waals surface area contributed by atoms with Gasteiger partial charge in [-0.3, -0.25) is 9.00 Å². The third-order valence-corrected chi connectivity index (χ3v) is 4.80.